The number of alkyl halides is 3. The van der Waals surface area contributed by atoms with Gasteiger partial charge in [-0.15, -0.1) is 0 Å². The number of aromatic amines is 1. The van der Waals surface area contributed by atoms with Crippen LogP contribution >= 0.6 is 0 Å². The van der Waals surface area contributed by atoms with Gasteiger partial charge in [0.15, 0.2) is 5.78 Å². The first-order valence-electron chi connectivity index (χ1n) is 7.88. The van der Waals surface area contributed by atoms with Crippen LogP contribution < -0.4 is 5.32 Å². The minimum Gasteiger partial charge on any atom is -0.360 e. The van der Waals surface area contributed by atoms with E-state index in [1.54, 1.807) is 54.6 Å². The van der Waals surface area contributed by atoms with Gasteiger partial charge in [0.25, 0.3) is 0 Å². The van der Waals surface area contributed by atoms with Gasteiger partial charge in [0.05, 0.1) is 6.04 Å². The van der Waals surface area contributed by atoms with Gasteiger partial charge in [0.2, 0.25) is 0 Å². The van der Waals surface area contributed by atoms with Crippen LogP contribution in [0.4, 0.5) is 13.2 Å². The number of amides is 1. The van der Waals surface area contributed by atoms with Crippen molar-refractivity contribution in [2.45, 2.75) is 18.6 Å². The second kappa shape index (κ2) is 7.03. The lowest BCUT2D eigenvalue weighted by Gasteiger charge is -2.18. The summed E-state index contributed by atoms with van der Waals surface area (Å²) in [6.07, 6.45) is -3.65. The highest BCUT2D eigenvalue weighted by molar-refractivity contribution is 6.11. The fraction of sp³-hybridized carbons (Fsp3) is 0.158. The van der Waals surface area contributed by atoms with E-state index >= 15 is 0 Å². The third kappa shape index (κ3) is 3.77. The molecule has 26 heavy (non-hydrogen) atoms. The molecule has 1 atom stereocenters. The lowest BCUT2D eigenvalue weighted by molar-refractivity contribution is -0.174. The highest BCUT2D eigenvalue weighted by Gasteiger charge is 2.41. The number of benzene rings is 2. The van der Waals surface area contributed by atoms with Crippen LogP contribution in [0, 0.1) is 0 Å². The molecule has 1 heterocycles. The highest BCUT2D eigenvalue weighted by Crippen LogP contribution is 2.21. The molecule has 7 heteroatoms. The van der Waals surface area contributed by atoms with Crippen molar-refractivity contribution in [1.29, 1.82) is 0 Å². The van der Waals surface area contributed by atoms with Crippen molar-refractivity contribution < 1.29 is 22.8 Å². The quantitative estimate of drug-likeness (QED) is 0.683. The normalized spacial score (nSPS) is 12.7. The van der Waals surface area contributed by atoms with Crippen LogP contribution in [0.5, 0.6) is 0 Å². The summed E-state index contributed by atoms with van der Waals surface area (Å²) >= 11 is 0. The molecule has 0 fully saturated rings. The minimum absolute atomic E-state index is 0.0407. The van der Waals surface area contributed by atoms with Crippen LogP contribution in [0.1, 0.15) is 15.9 Å². The molecule has 0 radical (unpaired) electrons. The Kier molecular flexibility index (Phi) is 4.79. The number of carbonyl (C=O) groups is 2. The number of para-hydroxylation sites is 1. The SMILES string of the molecule is O=C(c1c[nH]c2ccccc12)[C@H](Cc1ccccc1)NC(=O)C(F)(F)F. The summed E-state index contributed by atoms with van der Waals surface area (Å²) < 4.78 is 38.0. The molecule has 1 amide bonds. The third-order valence-electron chi connectivity index (χ3n) is 4.02. The minimum atomic E-state index is -5.06. The van der Waals surface area contributed by atoms with Crippen molar-refractivity contribution in [3.8, 4) is 0 Å². The van der Waals surface area contributed by atoms with Gasteiger partial charge < -0.3 is 10.3 Å². The Bertz CT molecular complexity index is 933. The number of hydrogen-bond donors (Lipinski definition) is 2. The molecule has 1 aromatic heterocycles. The largest absolute Gasteiger partial charge is 0.471 e. The van der Waals surface area contributed by atoms with Gasteiger partial charge in [0, 0.05) is 29.1 Å². The van der Waals surface area contributed by atoms with Crippen molar-refractivity contribution in [3.63, 3.8) is 0 Å². The maximum atomic E-state index is 12.9. The Morgan fingerprint density at radius 1 is 1.00 bits per heavy atom. The van der Waals surface area contributed by atoms with Gasteiger partial charge in [-0.2, -0.15) is 13.2 Å². The van der Waals surface area contributed by atoms with Gasteiger partial charge in [-0.05, 0) is 11.6 Å². The van der Waals surface area contributed by atoms with Crippen LogP contribution in [-0.2, 0) is 11.2 Å². The van der Waals surface area contributed by atoms with Crippen molar-refractivity contribution in [3.05, 3.63) is 71.9 Å². The first-order chi connectivity index (χ1) is 12.4. The summed E-state index contributed by atoms with van der Waals surface area (Å²) in [5, 5.41) is 2.43. The third-order valence-corrected chi connectivity index (χ3v) is 4.02. The Balaban J connectivity index is 1.93. The number of Topliss-reactive ketones (excluding diaryl/α,β-unsaturated/α-hetero) is 1. The molecule has 0 aliphatic heterocycles. The molecule has 0 aliphatic carbocycles. The average molecular weight is 360 g/mol. The zero-order chi connectivity index (χ0) is 18.7. The Labute approximate surface area is 147 Å². The van der Waals surface area contributed by atoms with Gasteiger partial charge in [-0.1, -0.05) is 48.5 Å². The van der Waals surface area contributed by atoms with Crippen LogP contribution in [0.2, 0.25) is 0 Å². The first-order valence-corrected chi connectivity index (χ1v) is 7.88. The summed E-state index contributed by atoms with van der Waals surface area (Å²) in [5.41, 5.74) is 1.58. The molecule has 0 spiro atoms. The first kappa shape index (κ1) is 17.7. The molecule has 2 N–H and O–H groups in total. The summed E-state index contributed by atoms with van der Waals surface area (Å²) in [4.78, 5) is 27.2. The number of fused-ring (bicyclic) bond motifs is 1. The van der Waals surface area contributed by atoms with Crippen molar-refractivity contribution >= 4 is 22.6 Å². The fourth-order valence-corrected chi connectivity index (χ4v) is 2.76. The summed E-state index contributed by atoms with van der Waals surface area (Å²) in [6, 6.07) is 14.2. The van der Waals surface area contributed by atoms with E-state index in [2.05, 4.69) is 4.98 Å². The number of nitrogens with one attached hydrogen (secondary N) is 2. The monoisotopic (exact) mass is 360 g/mol. The van der Waals surface area contributed by atoms with Gasteiger partial charge >= 0.3 is 12.1 Å². The highest BCUT2D eigenvalue weighted by atomic mass is 19.4. The maximum Gasteiger partial charge on any atom is 0.471 e. The fourth-order valence-electron chi connectivity index (χ4n) is 2.76. The van der Waals surface area contributed by atoms with Gasteiger partial charge in [-0.25, -0.2) is 0 Å². The maximum absolute atomic E-state index is 12.9. The standard InChI is InChI=1S/C19H15F3N2O2/c20-19(21,22)18(26)24-16(10-12-6-2-1-3-7-12)17(25)14-11-23-15-9-5-4-8-13(14)15/h1-9,11,16,23H,10H2,(H,24,26)/t16-/m0/s1. The molecule has 4 nitrogen and oxygen atoms in total. The number of ketones is 1. The second-order valence-electron chi connectivity index (χ2n) is 5.83. The average Bonchev–Trinajstić information content (AvgIpc) is 3.04. The van der Waals surface area contributed by atoms with Crippen LogP contribution in [0.3, 0.4) is 0 Å². The molecule has 0 saturated carbocycles. The van der Waals surface area contributed by atoms with Crippen molar-refractivity contribution in [2.75, 3.05) is 0 Å². The summed E-state index contributed by atoms with van der Waals surface area (Å²) in [6.45, 7) is 0. The number of rotatable bonds is 5. The van der Waals surface area contributed by atoms with Crippen molar-refractivity contribution in [1.82, 2.24) is 10.3 Å². The van der Waals surface area contributed by atoms with Crippen molar-refractivity contribution in [2.24, 2.45) is 0 Å². The van der Waals surface area contributed by atoms with E-state index in [9.17, 15) is 22.8 Å². The predicted octanol–water partition coefficient (Wildman–Crippen LogP) is 3.64. The number of carbonyl (C=O) groups excluding carboxylic acids is 2. The van der Waals surface area contributed by atoms with E-state index in [0.717, 1.165) is 0 Å². The van der Waals surface area contributed by atoms with E-state index in [-0.39, 0.29) is 12.0 Å². The molecule has 0 saturated heterocycles. The van der Waals surface area contributed by atoms with Crippen LogP contribution in [0.25, 0.3) is 10.9 Å². The van der Waals surface area contributed by atoms with Gasteiger partial charge in [-0.3, -0.25) is 9.59 Å². The number of aromatic nitrogens is 1. The van der Waals surface area contributed by atoms with E-state index in [4.69, 9.17) is 0 Å². The smallest absolute Gasteiger partial charge is 0.360 e. The summed E-state index contributed by atoms with van der Waals surface area (Å²) in [5.74, 6) is -2.71. The Hall–Kier alpha value is -3.09. The molecule has 134 valence electrons. The second-order valence-corrected chi connectivity index (χ2v) is 5.83. The molecule has 0 bridgehead atoms. The van der Waals surface area contributed by atoms with Crippen LogP contribution in [-0.4, -0.2) is 28.9 Å². The zero-order valence-electron chi connectivity index (χ0n) is 13.5. The van der Waals surface area contributed by atoms with E-state index in [0.29, 0.717) is 16.5 Å². The Morgan fingerprint density at radius 3 is 2.35 bits per heavy atom. The van der Waals surface area contributed by atoms with Gasteiger partial charge in [0.1, 0.15) is 0 Å². The van der Waals surface area contributed by atoms with E-state index < -0.39 is 23.9 Å². The van der Waals surface area contributed by atoms with E-state index in [1.165, 1.54) is 6.20 Å². The molecule has 2 aromatic carbocycles. The summed E-state index contributed by atoms with van der Waals surface area (Å²) in [7, 11) is 0. The molecular formula is C19H15F3N2O2. The van der Waals surface area contributed by atoms with E-state index in [1.807, 2.05) is 5.32 Å². The number of halogens is 3. The predicted molar refractivity (Wildman–Crippen MR) is 90.8 cm³/mol. The Morgan fingerprint density at radius 2 is 1.65 bits per heavy atom. The number of H-pyrrole nitrogens is 1. The van der Waals surface area contributed by atoms with Crippen LogP contribution in [0.15, 0.2) is 60.8 Å². The molecule has 0 unspecified atom stereocenters. The zero-order valence-corrected chi connectivity index (χ0v) is 13.5. The molecular weight excluding hydrogens is 345 g/mol. The number of hydrogen-bond acceptors (Lipinski definition) is 2. The lowest BCUT2D eigenvalue weighted by atomic mass is 9.97. The topological polar surface area (TPSA) is 62.0 Å². The lowest BCUT2D eigenvalue weighted by Crippen LogP contribution is -2.47. The molecule has 0 aliphatic rings. The molecule has 3 rings (SSSR count). The molecule has 3 aromatic rings.